The van der Waals surface area contributed by atoms with Gasteiger partial charge in [0, 0.05) is 0 Å². The summed E-state index contributed by atoms with van der Waals surface area (Å²) in [4.78, 5) is 22.0. The number of esters is 1. The van der Waals surface area contributed by atoms with E-state index < -0.39 is 11.9 Å². The number of rotatable bonds is 4. The summed E-state index contributed by atoms with van der Waals surface area (Å²) in [5, 5.41) is 0. The predicted molar refractivity (Wildman–Crippen MR) is 50.6 cm³/mol. The number of ether oxygens (including phenoxy) is 1. The van der Waals surface area contributed by atoms with Crippen molar-refractivity contribution >= 4 is 35.0 Å². The summed E-state index contributed by atoms with van der Waals surface area (Å²) in [5.74, 6) is -1.98. The van der Waals surface area contributed by atoms with E-state index in [-0.39, 0.29) is 16.9 Å². The molecular weight excluding hydrogens is 215 g/mol. The number of ketones is 1. The third-order valence-corrected chi connectivity index (χ3v) is 1.52. The first-order valence-corrected chi connectivity index (χ1v) is 4.44. The molecule has 0 aliphatic heterocycles. The second-order valence-electron chi connectivity index (χ2n) is 2.30. The van der Waals surface area contributed by atoms with E-state index in [9.17, 15) is 9.59 Å². The normalized spacial score (nSPS) is 11.7. The summed E-state index contributed by atoms with van der Waals surface area (Å²) in [6.07, 6.45) is 1.16. The maximum atomic E-state index is 11.1. The van der Waals surface area contributed by atoms with Crippen LogP contribution in [0.4, 0.5) is 0 Å². The molecule has 1 unspecified atom stereocenters. The van der Waals surface area contributed by atoms with E-state index in [1.54, 1.807) is 6.92 Å². The van der Waals surface area contributed by atoms with E-state index in [4.69, 9.17) is 23.2 Å². The molecule has 0 aliphatic carbocycles. The molecular formula is C8H10Cl2O3. The first kappa shape index (κ1) is 12.5. The molecule has 74 valence electrons. The monoisotopic (exact) mass is 224 g/mol. The van der Waals surface area contributed by atoms with Crippen LogP contribution in [0.5, 0.6) is 0 Å². The third-order valence-electron chi connectivity index (χ3n) is 1.27. The zero-order chi connectivity index (χ0) is 10.4. The molecule has 5 heteroatoms. The van der Waals surface area contributed by atoms with Crippen LogP contribution in [-0.2, 0) is 14.3 Å². The van der Waals surface area contributed by atoms with Gasteiger partial charge in [0.05, 0.1) is 6.61 Å². The van der Waals surface area contributed by atoms with Crippen LogP contribution in [0.3, 0.4) is 0 Å². The zero-order valence-corrected chi connectivity index (χ0v) is 8.85. The standard InChI is InChI=1S/C8H10Cl2O3/c1-3-13-8(12)6(5(2)11)4-7(9)10/h4,6H,3H2,1-2H3. The van der Waals surface area contributed by atoms with Gasteiger partial charge < -0.3 is 4.74 Å². The Morgan fingerprint density at radius 3 is 2.31 bits per heavy atom. The van der Waals surface area contributed by atoms with E-state index in [0.717, 1.165) is 6.08 Å². The lowest BCUT2D eigenvalue weighted by Crippen LogP contribution is -2.22. The number of Topliss-reactive ketones (excluding diaryl/α,β-unsaturated/α-hetero) is 1. The Hall–Kier alpha value is -0.540. The molecule has 0 aromatic rings. The lowest BCUT2D eigenvalue weighted by atomic mass is 10.1. The van der Waals surface area contributed by atoms with Crippen LogP contribution in [-0.4, -0.2) is 18.4 Å². The van der Waals surface area contributed by atoms with Crippen molar-refractivity contribution in [1.82, 2.24) is 0 Å². The van der Waals surface area contributed by atoms with E-state index in [1.165, 1.54) is 6.92 Å². The van der Waals surface area contributed by atoms with Gasteiger partial charge in [-0.2, -0.15) is 0 Å². The molecule has 0 amide bonds. The summed E-state index contributed by atoms with van der Waals surface area (Å²) in [5.41, 5.74) is 0. The molecule has 1 atom stereocenters. The Balaban J connectivity index is 4.52. The lowest BCUT2D eigenvalue weighted by Gasteiger charge is -2.07. The highest BCUT2D eigenvalue weighted by molar-refractivity contribution is 6.56. The predicted octanol–water partition coefficient (Wildman–Crippen LogP) is 2.07. The van der Waals surface area contributed by atoms with Gasteiger partial charge in [-0.3, -0.25) is 9.59 Å². The fourth-order valence-corrected chi connectivity index (χ4v) is 0.961. The lowest BCUT2D eigenvalue weighted by molar-refractivity contribution is -0.149. The molecule has 0 aromatic heterocycles. The van der Waals surface area contributed by atoms with Crippen molar-refractivity contribution in [2.75, 3.05) is 6.61 Å². The highest BCUT2D eigenvalue weighted by atomic mass is 35.5. The van der Waals surface area contributed by atoms with Gasteiger partial charge in [0.15, 0.2) is 0 Å². The maximum Gasteiger partial charge on any atom is 0.320 e. The van der Waals surface area contributed by atoms with Gasteiger partial charge in [-0.05, 0) is 19.9 Å². The second kappa shape index (κ2) is 6.00. The number of halogens is 2. The van der Waals surface area contributed by atoms with Gasteiger partial charge in [0.2, 0.25) is 0 Å². The van der Waals surface area contributed by atoms with Crippen LogP contribution in [0, 0.1) is 5.92 Å². The van der Waals surface area contributed by atoms with Crippen LogP contribution in [0.15, 0.2) is 10.6 Å². The molecule has 3 nitrogen and oxygen atoms in total. The van der Waals surface area contributed by atoms with Crippen LogP contribution in [0.2, 0.25) is 0 Å². The highest BCUT2D eigenvalue weighted by Gasteiger charge is 2.22. The van der Waals surface area contributed by atoms with Crippen molar-refractivity contribution in [2.45, 2.75) is 13.8 Å². The van der Waals surface area contributed by atoms with E-state index in [0.29, 0.717) is 0 Å². The average Bonchev–Trinajstić information content (AvgIpc) is 1.99. The number of carbonyl (C=O) groups excluding carboxylic acids is 2. The molecule has 0 spiro atoms. The Morgan fingerprint density at radius 1 is 1.46 bits per heavy atom. The minimum atomic E-state index is -0.995. The SMILES string of the molecule is CCOC(=O)C(C=C(Cl)Cl)C(C)=O. The van der Waals surface area contributed by atoms with Crippen molar-refractivity contribution in [3.05, 3.63) is 10.6 Å². The van der Waals surface area contributed by atoms with Gasteiger partial charge in [-0.15, -0.1) is 0 Å². The fraction of sp³-hybridized carbons (Fsp3) is 0.500. The summed E-state index contributed by atoms with van der Waals surface area (Å²) < 4.78 is 4.53. The summed E-state index contributed by atoms with van der Waals surface area (Å²) in [7, 11) is 0. The molecule has 0 fully saturated rings. The van der Waals surface area contributed by atoms with Gasteiger partial charge in [-0.1, -0.05) is 23.2 Å². The van der Waals surface area contributed by atoms with Gasteiger partial charge in [0.1, 0.15) is 16.2 Å². The van der Waals surface area contributed by atoms with Crippen molar-refractivity contribution in [3.8, 4) is 0 Å². The molecule has 0 saturated heterocycles. The first-order chi connectivity index (χ1) is 5.99. The Kier molecular flexibility index (Phi) is 5.75. The third kappa shape index (κ3) is 4.90. The van der Waals surface area contributed by atoms with E-state index >= 15 is 0 Å². The van der Waals surface area contributed by atoms with Gasteiger partial charge in [-0.25, -0.2) is 0 Å². The molecule has 0 aromatic carbocycles. The summed E-state index contributed by atoms with van der Waals surface area (Å²) >= 11 is 10.7. The fourth-order valence-electron chi connectivity index (χ4n) is 0.709. The van der Waals surface area contributed by atoms with Crippen LogP contribution in [0.25, 0.3) is 0 Å². The maximum absolute atomic E-state index is 11.1. The topological polar surface area (TPSA) is 43.4 Å². The van der Waals surface area contributed by atoms with Crippen LogP contribution >= 0.6 is 23.2 Å². The number of hydrogen-bond donors (Lipinski definition) is 0. The largest absolute Gasteiger partial charge is 0.465 e. The Labute approximate surface area is 86.6 Å². The van der Waals surface area contributed by atoms with Crippen molar-refractivity contribution < 1.29 is 14.3 Å². The average molecular weight is 225 g/mol. The molecule has 0 radical (unpaired) electrons. The minimum absolute atomic E-state index is 0.117. The summed E-state index contributed by atoms with van der Waals surface area (Å²) in [6, 6.07) is 0. The van der Waals surface area contributed by atoms with Crippen LogP contribution < -0.4 is 0 Å². The number of carbonyl (C=O) groups is 2. The number of hydrogen-bond acceptors (Lipinski definition) is 3. The molecule has 0 aliphatic rings. The second-order valence-corrected chi connectivity index (χ2v) is 3.30. The highest BCUT2D eigenvalue weighted by Crippen LogP contribution is 2.13. The van der Waals surface area contributed by atoms with Crippen molar-refractivity contribution in [2.24, 2.45) is 5.92 Å². The summed E-state index contributed by atoms with van der Waals surface area (Å²) in [6.45, 7) is 3.15. The van der Waals surface area contributed by atoms with Gasteiger partial charge in [0.25, 0.3) is 0 Å². The van der Waals surface area contributed by atoms with E-state index in [2.05, 4.69) is 4.74 Å². The minimum Gasteiger partial charge on any atom is -0.465 e. The Bertz CT molecular complexity index is 232. The zero-order valence-electron chi connectivity index (χ0n) is 7.34. The van der Waals surface area contributed by atoms with E-state index in [1.807, 2.05) is 0 Å². The smallest absolute Gasteiger partial charge is 0.320 e. The van der Waals surface area contributed by atoms with Crippen molar-refractivity contribution in [3.63, 3.8) is 0 Å². The van der Waals surface area contributed by atoms with Crippen molar-refractivity contribution in [1.29, 1.82) is 0 Å². The Morgan fingerprint density at radius 2 is 2.00 bits per heavy atom. The quantitative estimate of drug-likeness (QED) is 0.543. The molecule has 0 N–H and O–H groups in total. The van der Waals surface area contributed by atoms with Gasteiger partial charge >= 0.3 is 5.97 Å². The molecule has 13 heavy (non-hydrogen) atoms. The van der Waals surface area contributed by atoms with Crippen LogP contribution in [0.1, 0.15) is 13.8 Å². The first-order valence-electron chi connectivity index (χ1n) is 3.69. The molecule has 0 saturated carbocycles. The molecule has 0 rings (SSSR count). The molecule has 0 heterocycles. The molecule has 0 bridgehead atoms.